The number of anilines is 1. The van der Waals surface area contributed by atoms with Crippen LogP contribution in [0.1, 0.15) is 30.4 Å². The predicted octanol–water partition coefficient (Wildman–Crippen LogP) is 3.16. The summed E-state index contributed by atoms with van der Waals surface area (Å²) in [6, 6.07) is 14.6. The Balaban J connectivity index is 1.80. The van der Waals surface area contributed by atoms with E-state index in [2.05, 4.69) is 29.2 Å². The summed E-state index contributed by atoms with van der Waals surface area (Å²) in [6.45, 7) is 3.16. The van der Waals surface area contributed by atoms with E-state index in [1.54, 1.807) is 12.1 Å². The molecular formula is C20H22N3O3+. The number of hydrogen-bond donors (Lipinski definition) is 1. The Labute approximate surface area is 152 Å². The zero-order chi connectivity index (χ0) is 18.3. The highest BCUT2D eigenvalue weighted by Gasteiger charge is 2.52. The van der Waals surface area contributed by atoms with Gasteiger partial charge in [-0.2, -0.15) is 0 Å². The summed E-state index contributed by atoms with van der Waals surface area (Å²) >= 11 is 0. The molecule has 0 saturated carbocycles. The molecule has 0 saturated heterocycles. The van der Waals surface area contributed by atoms with Crippen molar-refractivity contribution in [1.29, 1.82) is 0 Å². The van der Waals surface area contributed by atoms with E-state index in [0.717, 1.165) is 37.3 Å². The molecule has 26 heavy (non-hydrogen) atoms. The molecule has 134 valence electrons. The fraction of sp³-hybridized carbons (Fsp3) is 0.350. The van der Waals surface area contributed by atoms with Gasteiger partial charge >= 0.3 is 0 Å². The SMILES string of the molecule is Cc1ccc(N2C[C@@](O)(c3cccc([N+](=O)[O-])c3)[N+]3=C2CCCC3)cc1. The molecule has 2 heterocycles. The Hall–Kier alpha value is -2.73. The summed E-state index contributed by atoms with van der Waals surface area (Å²) in [5, 5.41) is 22.8. The molecule has 4 rings (SSSR count). The maximum atomic E-state index is 11.6. The number of non-ortho nitro benzene ring substituents is 1. The van der Waals surface area contributed by atoms with Crippen LogP contribution in [0.15, 0.2) is 48.5 Å². The molecule has 2 aromatic rings. The topological polar surface area (TPSA) is 69.6 Å². The molecule has 2 aliphatic rings. The van der Waals surface area contributed by atoms with Gasteiger partial charge in [-0.15, -0.1) is 0 Å². The second kappa shape index (κ2) is 6.21. The van der Waals surface area contributed by atoms with Crippen molar-refractivity contribution in [3.05, 3.63) is 69.8 Å². The van der Waals surface area contributed by atoms with Crippen LogP contribution in [-0.2, 0) is 5.72 Å². The van der Waals surface area contributed by atoms with Gasteiger partial charge in [0.2, 0.25) is 0 Å². The number of nitrogens with zero attached hydrogens (tertiary/aromatic N) is 3. The highest BCUT2D eigenvalue weighted by atomic mass is 16.6. The van der Waals surface area contributed by atoms with Crippen LogP contribution in [0.2, 0.25) is 0 Å². The highest BCUT2D eigenvalue weighted by molar-refractivity contribution is 5.96. The first kappa shape index (κ1) is 16.7. The van der Waals surface area contributed by atoms with E-state index in [1.807, 2.05) is 11.5 Å². The molecule has 2 aliphatic heterocycles. The van der Waals surface area contributed by atoms with E-state index in [1.165, 1.54) is 17.7 Å². The van der Waals surface area contributed by atoms with Crippen molar-refractivity contribution < 1.29 is 14.6 Å². The van der Waals surface area contributed by atoms with Gasteiger partial charge in [-0.3, -0.25) is 10.1 Å². The molecular weight excluding hydrogens is 330 g/mol. The quantitative estimate of drug-likeness (QED) is 0.523. The van der Waals surface area contributed by atoms with Gasteiger partial charge in [-0.25, -0.2) is 9.48 Å². The van der Waals surface area contributed by atoms with Crippen LogP contribution in [-0.4, -0.2) is 33.5 Å². The van der Waals surface area contributed by atoms with Crippen LogP contribution in [0.5, 0.6) is 0 Å². The van der Waals surface area contributed by atoms with Crippen molar-refractivity contribution in [2.45, 2.75) is 31.9 Å². The third kappa shape index (κ3) is 2.66. The number of hydrogen-bond acceptors (Lipinski definition) is 4. The van der Waals surface area contributed by atoms with Crippen molar-refractivity contribution in [2.75, 3.05) is 18.0 Å². The average molecular weight is 352 g/mol. The molecule has 0 fully saturated rings. The second-order valence-electron chi connectivity index (χ2n) is 7.07. The molecule has 0 amide bonds. The van der Waals surface area contributed by atoms with Crippen LogP contribution in [0.4, 0.5) is 11.4 Å². The third-order valence-corrected chi connectivity index (χ3v) is 5.35. The van der Waals surface area contributed by atoms with Gasteiger partial charge in [-0.05, 0) is 31.9 Å². The van der Waals surface area contributed by atoms with Crippen molar-refractivity contribution >= 4 is 17.2 Å². The number of aliphatic hydroxyl groups is 1. The maximum Gasteiger partial charge on any atom is 0.271 e. The summed E-state index contributed by atoms with van der Waals surface area (Å²) in [6.07, 6.45) is 2.98. The normalized spacial score (nSPS) is 22.5. The summed E-state index contributed by atoms with van der Waals surface area (Å²) in [7, 11) is 0. The van der Waals surface area contributed by atoms with Gasteiger partial charge < -0.3 is 5.11 Å². The van der Waals surface area contributed by atoms with Crippen molar-refractivity contribution in [3.8, 4) is 0 Å². The van der Waals surface area contributed by atoms with Gasteiger partial charge in [0.1, 0.15) is 5.69 Å². The van der Waals surface area contributed by atoms with E-state index in [0.29, 0.717) is 12.1 Å². The fourth-order valence-electron chi connectivity index (χ4n) is 3.97. The van der Waals surface area contributed by atoms with Crippen LogP contribution in [0.3, 0.4) is 0 Å². The Morgan fingerprint density at radius 3 is 2.69 bits per heavy atom. The Kier molecular flexibility index (Phi) is 4.00. The van der Waals surface area contributed by atoms with Crippen LogP contribution >= 0.6 is 0 Å². The first-order valence-electron chi connectivity index (χ1n) is 8.94. The lowest BCUT2D eigenvalue weighted by Gasteiger charge is -2.24. The number of amidine groups is 1. The molecule has 6 nitrogen and oxygen atoms in total. The Morgan fingerprint density at radius 2 is 1.96 bits per heavy atom. The summed E-state index contributed by atoms with van der Waals surface area (Å²) in [5.41, 5.74) is 1.54. The maximum absolute atomic E-state index is 11.6. The summed E-state index contributed by atoms with van der Waals surface area (Å²) < 4.78 is 2.02. The van der Waals surface area contributed by atoms with Crippen molar-refractivity contribution in [1.82, 2.24) is 0 Å². The molecule has 0 aromatic heterocycles. The van der Waals surface area contributed by atoms with Gasteiger partial charge in [-0.1, -0.05) is 29.8 Å². The lowest BCUT2D eigenvalue weighted by molar-refractivity contribution is -0.661. The molecule has 0 spiro atoms. The van der Waals surface area contributed by atoms with Gasteiger partial charge in [0.05, 0.1) is 11.5 Å². The average Bonchev–Trinajstić information content (AvgIpc) is 2.97. The smallest absolute Gasteiger partial charge is 0.271 e. The first-order chi connectivity index (χ1) is 12.5. The standard InChI is InChI=1S/C20H22N3O3/c1-15-8-10-17(11-9-15)21-14-20(24,22-12-3-2-7-19(21)22)16-5-4-6-18(13-16)23(25)26/h4-6,8-11,13,24H,2-3,7,12,14H2,1H3/q+1/t20-/m1/s1. The zero-order valence-corrected chi connectivity index (χ0v) is 14.8. The molecule has 0 aliphatic carbocycles. The number of nitro groups is 1. The van der Waals surface area contributed by atoms with E-state index >= 15 is 0 Å². The van der Waals surface area contributed by atoms with E-state index in [-0.39, 0.29) is 5.69 Å². The first-order valence-corrected chi connectivity index (χ1v) is 8.94. The van der Waals surface area contributed by atoms with E-state index in [9.17, 15) is 15.2 Å². The number of nitro benzene ring substituents is 1. The monoisotopic (exact) mass is 352 g/mol. The molecule has 0 unspecified atom stereocenters. The van der Waals surface area contributed by atoms with Gasteiger partial charge in [0.15, 0.2) is 6.54 Å². The Morgan fingerprint density at radius 1 is 1.19 bits per heavy atom. The molecule has 2 aromatic carbocycles. The van der Waals surface area contributed by atoms with Crippen LogP contribution < -0.4 is 4.90 Å². The molecule has 0 bridgehead atoms. The van der Waals surface area contributed by atoms with E-state index < -0.39 is 10.6 Å². The van der Waals surface area contributed by atoms with E-state index in [4.69, 9.17) is 0 Å². The number of rotatable bonds is 3. The summed E-state index contributed by atoms with van der Waals surface area (Å²) in [4.78, 5) is 12.9. The van der Waals surface area contributed by atoms with Crippen LogP contribution in [0, 0.1) is 17.0 Å². The lowest BCUT2D eigenvalue weighted by Crippen LogP contribution is -2.41. The third-order valence-electron chi connectivity index (χ3n) is 5.35. The van der Waals surface area contributed by atoms with Gasteiger partial charge in [0, 0.05) is 24.1 Å². The highest BCUT2D eigenvalue weighted by Crippen LogP contribution is 2.36. The van der Waals surface area contributed by atoms with Crippen molar-refractivity contribution in [2.24, 2.45) is 0 Å². The lowest BCUT2D eigenvalue weighted by atomic mass is 10.0. The largest absolute Gasteiger partial charge is 0.346 e. The van der Waals surface area contributed by atoms with Crippen LogP contribution in [0.25, 0.3) is 0 Å². The number of benzene rings is 2. The fourth-order valence-corrected chi connectivity index (χ4v) is 3.97. The molecule has 1 atom stereocenters. The number of β-amino-alcohol motifs (C(OH)–C–C–N with tert-alkyl or cyclic N) is 1. The minimum absolute atomic E-state index is 0.00303. The zero-order valence-electron chi connectivity index (χ0n) is 14.8. The second-order valence-corrected chi connectivity index (χ2v) is 7.07. The Bertz CT molecular complexity index is 891. The molecule has 0 radical (unpaired) electrons. The predicted molar refractivity (Wildman–Crippen MR) is 99.5 cm³/mol. The molecule has 6 heteroatoms. The molecule has 1 N–H and O–H groups in total. The summed E-state index contributed by atoms with van der Waals surface area (Å²) in [5.74, 6) is 1.09. The minimum Gasteiger partial charge on any atom is -0.346 e. The number of aryl methyl sites for hydroxylation is 1. The minimum atomic E-state index is -1.26. The van der Waals surface area contributed by atoms with Crippen molar-refractivity contribution in [3.63, 3.8) is 0 Å². The van der Waals surface area contributed by atoms with Gasteiger partial charge in [0.25, 0.3) is 17.2 Å².